The lowest BCUT2D eigenvalue weighted by Gasteiger charge is -2.03. The lowest BCUT2D eigenvalue weighted by Crippen LogP contribution is -2.10. The molecule has 1 atom stereocenters. The van der Waals surface area contributed by atoms with Gasteiger partial charge in [0, 0.05) is 10.6 Å². The fraction of sp³-hybridized carbons (Fsp3) is 0.118. The maximum atomic E-state index is 7.53. The summed E-state index contributed by atoms with van der Waals surface area (Å²) in [5.74, 6) is 1.62. The number of H-pyrrole nitrogens is 2. The molecule has 0 saturated heterocycles. The second kappa shape index (κ2) is 5.35. The maximum Gasteiger partial charge on any atom is 0.122 e. The van der Waals surface area contributed by atoms with Crippen molar-refractivity contribution in [3.63, 3.8) is 0 Å². The highest BCUT2D eigenvalue weighted by atomic mass is 35.5. The number of nitrogens with zero attached hydrogens (tertiary/aromatic N) is 2. The van der Waals surface area contributed by atoms with Crippen molar-refractivity contribution in [2.45, 2.75) is 12.8 Å². The van der Waals surface area contributed by atoms with Gasteiger partial charge in [-0.05, 0) is 43.3 Å². The van der Waals surface area contributed by atoms with Crippen molar-refractivity contribution < 1.29 is 0 Å². The maximum absolute atomic E-state index is 7.53. The van der Waals surface area contributed by atoms with Crippen LogP contribution >= 0.6 is 11.6 Å². The van der Waals surface area contributed by atoms with E-state index in [9.17, 15) is 0 Å². The largest absolute Gasteiger partial charge is 0.384 e. The first-order valence-corrected chi connectivity index (χ1v) is 7.88. The Labute approximate surface area is 142 Å². The molecule has 2 aromatic carbocycles. The van der Waals surface area contributed by atoms with Crippen molar-refractivity contribution in [1.29, 1.82) is 5.41 Å². The van der Waals surface area contributed by atoms with Crippen LogP contribution in [0.1, 0.15) is 30.1 Å². The minimum atomic E-state index is -0.0376. The van der Waals surface area contributed by atoms with Gasteiger partial charge in [0.25, 0.3) is 0 Å². The molecule has 6 nitrogen and oxygen atoms in total. The Morgan fingerprint density at radius 2 is 1.62 bits per heavy atom. The minimum Gasteiger partial charge on any atom is -0.384 e. The number of imidazole rings is 2. The Balaban J connectivity index is 1.75. The molecule has 0 amide bonds. The highest BCUT2D eigenvalue weighted by Crippen LogP contribution is 2.25. The smallest absolute Gasteiger partial charge is 0.122 e. The minimum absolute atomic E-state index is 0.0373. The fourth-order valence-electron chi connectivity index (χ4n) is 2.74. The molecular weight excluding hydrogens is 324 g/mol. The zero-order valence-electron chi connectivity index (χ0n) is 12.9. The number of hydrogen-bond donors (Lipinski definition) is 4. The molecule has 0 saturated carbocycles. The van der Waals surface area contributed by atoms with E-state index in [0.717, 1.165) is 33.7 Å². The average Bonchev–Trinajstić information content (AvgIpc) is 3.16. The van der Waals surface area contributed by atoms with Crippen molar-refractivity contribution >= 4 is 39.5 Å². The van der Waals surface area contributed by atoms with Crippen molar-refractivity contribution in [3.8, 4) is 0 Å². The quantitative estimate of drug-likeness (QED) is 0.339. The standard InChI is InChI=1S/C17H15ClN6/c1-8(17-22-12-5-3-10(18)7-14(12)24-17)16-21-11-4-2-9(15(19)20)6-13(11)23-16/h2-8H,1H3,(H3,19,20)(H,21,23)(H,22,24). The zero-order valence-corrected chi connectivity index (χ0v) is 13.6. The molecule has 5 N–H and O–H groups in total. The predicted octanol–water partition coefficient (Wildman–Crippen LogP) is 3.53. The summed E-state index contributed by atoms with van der Waals surface area (Å²) in [5, 5.41) is 8.21. The number of amidine groups is 1. The van der Waals surface area contributed by atoms with E-state index in [1.807, 2.05) is 37.3 Å². The first-order valence-electron chi connectivity index (χ1n) is 7.50. The summed E-state index contributed by atoms with van der Waals surface area (Å²) >= 11 is 6.02. The normalized spacial score (nSPS) is 12.8. The van der Waals surface area contributed by atoms with Gasteiger partial charge in [0.15, 0.2) is 0 Å². The van der Waals surface area contributed by atoms with Gasteiger partial charge in [-0.25, -0.2) is 9.97 Å². The van der Waals surface area contributed by atoms with Crippen LogP contribution < -0.4 is 5.73 Å². The molecule has 0 fully saturated rings. The van der Waals surface area contributed by atoms with E-state index in [2.05, 4.69) is 19.9 Å². The van der Waals surface area contributed by atoms with Crippen molar-refractivity contribution in [1.82, 2.24) is 19.9 Å². The first kappa shape index (κ1) is 14.7. The lowest BCUT2D eigenvalue weighted by atomic mass is 10.1. The Bertz CT molecular complexity index is 1080. The highest BCUT2D eigenvalue weighted by molar-refractivity contribution is 6.31. The summed E-state index contributed by atoms with van der Waals surface area (Å²) < 4.78 is 0. The van der Waals surface area contributed by atoms with Crippen LogP contribution in [0.25, 0.3) is 22.1 Å². The van der Waals surface area contributed by atoms with Gasteiger partial charge in [0.05, 0.1) is 28.0 Å². The average molecular weight is 339 g/mol. The van der Waals surface area contributed by atoms with Gasteiger partial charge in [-0.15, -0.1) is 0 Å². The molecule has 4 aromatic rings. The second-order valence-corrected chi connectivity index (χ2v) is 6.21. The Morgan fingerprint density at radius 1 is 1.04 bits per heavy atom. The molecule has 2 heterocycles. The van der Waals surface area contributed by atoms with Gasteiger partial charge in [0.1, 0.15) is 17.5 Å². The summed E-state index contributed by atoms with van der Waals surface area (Å²) in [4.78, 5) is 15.8. The van der Waals surface area contributed by atoms with Crippen LogP contribution in [0.2, 0.25) is 5.02 Å². The van der Waals surface area contributed by atoms with Gasteiger partial charge in [-0.2, -0.15) is 0 Å². The van der Waals surface area contributed by atoms with Crippen molar-refractivity contribution in [3.05, 3.63) is 58.6 Å². The number of fused-ring (bicyclic) bond motifs is 2. The molecular formula is C17H15ClN6. The van der Waals surface area contributed by atoms with Crippen molar-refractivity contribution in [2.24, 2.45) is 5.73 Å². The molecule has 7 heteroatoms. The first-order chi connectivity index (χ1) is 11.5. The molecule has 0 spiro atoms. The third-order valence-electron chi connectivity index (χ3n) is 4.09. The van der Waals surface area contributed by atoms with Crippen molar-refractivity contribution in [2.75, 3.05) is 0 Å². The van der Waals surface area contributed by atoms with Gasteiger partial charge in [-0.3, -0.25) is 5.41 Å². The molecule has 2 aromatic heterocycles. The van der Waals surface area contributed by atoms with Crippen LogP contribution in [-0.4, -0.2) is 25.8 Å². The van der Waals surface area contributed by atoms with E-state index < -0.39 is 0 Å². The van der Waals surface area contributed by atoms with Crippen LogP contribution in [0, 0.1) is 5.41 Å². The molecule has 24 heavy (non-hydrogen) atoms. The van der Waals surface area contributed by atoms with E-state index in [4.69, 9.17) is 22.7 Å². The monoisotopic (exact) mass is 338 g/mol. The SMILES string of the molecule is CC(c1nc2ccc(Cl)cc2[nH]1)c1nc2ccc(C(=N)N)cc2[nH]1. The van der Waals surface area contributed by atoms with Crippen LogP contribution in [0.4, 0.5) is 0 Å². The molecule has 120 valence electrons. The Hall–Kier alpha value is -2.86. The predicted molar refractivity (Wildman–Crippen MR) is 95.7 cm³/mol. The van der Waals surface area contributed by atoms with Gasteiger partial charge >= 0.3 is 0 Å². The van der Waals surface area contributed by atoms with E-state index >= 15 is 0 Å². The number of aromatic amines is 2. The molecule has 1 unspecified atom stereocenters. The number of hydrogen-bond acceptors (Lipinski definition) is 3. The third-order valence-corrected chi connectivity index (χ3v) is 4.33. The fourth-order valence-corrected chi connectivity index (χ4v) is 2.91. The number of halogens is 1. The Kier molecular flexibility index (Phi) is 3.28. The number of nitrogens with one attached hydrogen (secondary N) is 3. The van der Waals surface area contributed by atoms with Crippen LogP contribution in [0.3, 0.4) is 0 Å². The highest BCUT2D eigenvalue weighted by Gasteiger charge is 2.17. The number of benzene rings is 2. The number of rotatable bonds is 3. The number of nitrogens with two attached hydrogens (primary N) is 1. The zero-order chi connectivity index (χ0) is 16.8. The summed E-state index contributed by atoms with van der Waals surface area (Å²) in [5.41, 5.74) is 9.67. The van der Waals surface area contributed by atoms with E-state index in [1.54, 1.807) is 6.07 Å². The van der Waals surface area contributed by atoms with Crippen LogP contribution in [0.15, 0.2) is 36.4 Å². The molecule has 0 radical (unpaired) electrons. The molecule has 0 aliphatic heterocycles. The second-order valence-electron chi connectivity index (χ2n) is 5.77. The Morgan fingerprint density at radius 3 is 2.25 bits per heavy atom. The van der Waals surface area contributed by atoms with Gasteiger partial charge in [-0.1, -0.05) is 11.6 Å². The molecule has 0 bridgehead atoms. The van der Waals surface area contributed by atoms with Gasteiger partial charge < -0.3 is 15.7 Å². The lowest BCUT2D eigenvalue weighted by molar-refractivity contribution is 0.790. The summed E-state index contributed by atoms with van der Waals surface area (Å²) in [6.45, 7) is 2.03. The number of nitrogen functional groups attached to an aromatic ring is 1. The number of aromatic nitrogens is 4. The molecule has 0 aliphatic rings. The molecule has 0 aliphatic carbocycles. The van der Waals surface area contributed by atoms with Gasteiger partial charge in [0.2, 0.25) is 0 Å². The third kappa shape index (κ3) is 2.41. The topological polar surface area (TPSA) is 107 Å². The summed E-state index contributed by atoms with van der Waals surface area (Å²) in [7, 11) is 0. The van der Waals surface area contributed by atoms with E-state index in [-0.39, 0.29) is 11.8 Å². The van der Waals surface area contributed by atoms with E-state index in [0.29, 0.717) is 10.6 Å². The van der Waals surface area contributed by atoms with Crippen LogP contribution in [0.5, 0.6) is 0 Å². The summed E-state index contributed by atoms with van der Waals surface area (Å²) in [6.07, 6.45) is 0. The molecule has 4 rings (SSSR count). The van der Waals surface area contributed by atoms with E-state index in [1.165, 1.54) is 0 Å². The van der Waals surface area contributed by atoms with Crippen LogP contribution in [-0.2, 0) is 0 Å². The summed E-state index contributed by atoms with van der Waals surface area (Å²) in [6, 6.07) is 11.1.